The molecule has 10 heteroatoms. The molecule has 0 heterocycles. The third-order valence-corrected chi connectivity index (χ3v) is 9.45. The van der Waals surface area contributed by atoms with Crippen molar-refractivity contribution in [2.45, 2.75) is 180 Å². The number of rotatable bonds is 38. The van der Waals surface area contributed by atoms with Crippen LogP contribution in [0.15, 0.2) is 48.6 Å². The summed E-state index contributed by atoms with van der Waals surface area (Å²) >= 11 is 0. The number of carbonyl (C=O) groups is 2. The van der Waals surface area contributed by atoms with E-state index in [-0.39, 0.29) is 32.6 Å². The fourth-order valence-corrected chi connectivity index (χ4v) is 6.16. The fourth-order valence-electron chi connectivity index (χ4n) is 5.39. The minimum Gasteiger partial charge on any atom is -0.462 e. The van der Waals surface area contributed by atoms with Gasteiger partial charge in [0.2, 0.25) is 0 Å². The van der Waals surface area contributed by atoms with Crippen LogP contribution in [0.2, 0.25) is 0 Å². The number of phosphoric acid groups is 1. The maximum absolute atomic E-state index is 12.5. The van der Waals surface area contributed by atoms with Crippen molar-refractivity contribution in [2.24, 2.45) is 5.73 Å². The third kappa shape index (κ3) is 37.7. The molecule has 0 aromatic carbocycles. The van der Waals surface area contributed by atoms with Crippen molar-refractivity contribution < 1.29 is 37.6 Å². The van der Waals surface area contributed by atoms with Crippen LogP contribution in [0.4, 0.5) is 0 Å². The Morgan fingerprint density at radius 3 is 1.54 bits per heavy atom. The monoisotopic (exact) mass is 754 g/mol. The molecule has 0 fully saturated rings. The number of ether oxygens (including phenoxy) is 2. The van der Waals surface area contributed by atoms with E-state index in [4.69, 9.17) is 24.3 Å². The van der Waals surface area contributed by atoms with Crippen LogP contribution >= 0.6 is 7.82 Å². The molecule has 0 aliphatic heterocycles. The summed E-state index contributed by atoms with van der Waals surface area (Å²) in [5.41, 5.74) is 5.33. The highest BCUT2D eigenvalue weighted by Gasteiger charge is 2.25. The van der Waals surface area contributed by atoms with E-state index in [2.05, 4.69) is 56.4 Å². The molecule has 302 valence electrons. The highest BCUT2D eigenvalue weighted by molar-refractivity contribution is 7.47. The van der Waals surface area contributed by atoms with Gasteiger partial charge < -0.3 is 20.1 Å². The molecule has 0 saturated carbocycles. The predicted octanol–water partition coefficient (Wildman–Crippen LogP) is 11.6. The van der Waals surface area contributed by atoms with Crippen molar-refractivity contribution in [2.75, 3.05) is 26.4 Å². The summed E-state index contributed by atoms with van der Waals surface area (Å²) in [6, 6.07) is 0. The van der Waals surface area contributed by atoms with Gasteiger partial charge in [0.25, 0.3) is 0 Å². The van der Waals surface area contributed by atoms with Crippen LogP contribution in [0.1, 0.15) is 174 Å². The average Bonchev–Trinajstić information content (AvgIpc) is 3.13. The zero-order valence-corrected chi connectivity index (χ0v) is 33.9. The van der Waals surface area contributed by atoms with E-state index in [1.165, 1.54) is 96.3 Å². The second-order valence-electron chi connectivity index (χ2n) is 13.5. The second kappa shape index (κ2) is 38.7. The van der Waals surface area contributed by atoms with Crippen molar-refractivity contribution in [1.29, 1.82) is 0 Å². The van der Waals surface area contributed by atoms with E-state index in [1.54, 1.807) is 0 Å². The molecular formula is C42H76NO8P. The van der Waals surface area contributed by atoms with Gasteiger partial charge in [-0.15, -0.1) is 0 Å². The van der Waals surface area contributed by atoms with Crippen LogP contribution in [-0.4, -0.2) is 49.3 Å². The van der Waals surface area contributed by atoms with Gasteiger partial charge in [0.15, 0.2) is 6.10 Å². The highest BCUT2D eigenvalue weighted by atomic mass is 31.2. The molecule has 1 unspecified atom stereocenters. The Labute approximate surface area is 317 Å². The zero-order chi connectivity index (χ0) is 38.2. The topological polar surface area (TPSA) is 134 Å². The molecule has 0 amide bonds. The van der Waals surface area contributed by atoms with Crippen LogP contribution in [0, 0.1) is 0 Å². The van der Waals surface area contributed by atoms with Gasteiger partial charge in [-0.2, -0.15) is 0 Å². The number of hydrogen-bond acceptors (Lipinski definition) is 8. The zero-order valence-electron chi connectivity index (χ0n) is 33.0. The predicted molar refractivity (Wildman–Crippen MR) is 215 cm³/mol. The van der Waals surface area contributed by atoms with Crippen molar-refractivity contribution in [1.82, 2.24) is 0 Å². The van der Waals surface area contributed by atoms with Crippen LogP contribution in [0.3, 0.4) is 0 Å². The Morgan fingerprint density at radius 2 is 1.02 bits per heavy atom. The minimum absolute atomic E-state index is 0.0441. The first-order valence-electron chi connectivity index (χ1n) is 20.6. The maximum Gasteiger partial charge on any atom is 0.472 e. The molecule has 0 aliphatic carbocycles. The Kier molecular flexibility index (Phi) is 37.2. The summed E-state index contributed by atoms with van der Waals surface area (Å²) in [5, 5.41) is 0. The molecule has 0 aromatic rings. The fraction of sp³-hybridized carbons (Fsp3) is 0.762. The lowest BCUT2D eigenvalue weighted by Gasteiger charge is -2.19. The molecular weight excluding hydrogens is 677 g/mol. The van der Waals surface area contributed by atoms with E-state index in [0.717, 1.165) is 38.5 Å². The number of esters is 2. The smallest absolute Gasteiger partial charge is 0.462 e. The molecule has 2 atom stereocenters. The summed E-state index contributed by atoms with van der Waals surface area (Å²) in [4.78, 5) is 34.7. The largest absolute Gasteiger partial charge is 0.472 e. The third-order valence-electron chi connectivity index (χ3n) is 8.47. The molecule has 9 nitrogen and oxygen atoms in total. The van der Waals surface area contributed by atoms with E-state index < -0.39 is 32.5 Å². The van der Waals surface area contributed by atoms with Gasteiger partial charge in [0, 0.05) is 19.4 Å². The first kappa shape index (κ1) is 50.0. The summed E-state index contributed by atoms with van der Waals surface area (Å²) in [5.74, 6) is -0.897. The quantitative estimate of drug-likeness (QED) is 0.0273. The second-order valence-corrected chi connectivity index (χ2v) is 15.0. The lowest BCUT2D eigenvalue weighted by Crippen LogP contribution is -2.29. The summed E-state index contributed by atoms with van der Waals surface area (Å²) < 4.78 is 32.6. The molecule has 0 aromatic heterocycles. The normalized spacial score (nSPS) is 13.8. The first-order chi connectivity index (χ1) is 25.3. The Hall–Kier alpha value is -2.03. The van der Waals surface area contributed by atoms with Crippen molar-refractivity contribution in [3.05, 3.63) is 48.6 Å². The molecule has 0 saturated heterocycles. The number of unbranched alkanes of at least 4 members (excludes halogenated alkanes) is 17. The SMILES string of the molecule is CCCCCCCCC/C=C/C/C=C/C/C=C/C/C=C/CCCC(=O)O[C@H](COC(=O)CCCCCCCCCCCC)COP(=O)(O)OCCN. The molecule has 0 rings (SSSR count). The molecule has 0 spiro atoms. The van der Waals surface area contributed by atoms with Gasteiger partial charge in [0.05, 0.1) is 13.2 Å². The Balaban J connectivity index is 4.26. The summed E-state index contributed by atoms with van der Waals surface area (Å²) in [7, 11) is -4.39. The number of phosphoric ester groups is 1. The van der Waals surface area contributed by atoms with E-state index >= 15 is 0 Å². The van der Waals surface area contributed by atoms with Gasteiger partial charge in [-0.05, 0) is 51.4 Å². The van der Waals surface area contributed by atoms with E-state index in [1.807, 2.05) is 6.08 Å². The molecule has 0 bridgehead atoms. The van der Waals surface area contributed by atoms with Gasteiger partial charge in [-0.25, -0.2) is 4.57 Å². The summed E-state index contributed by atoms with van der Waals surface area (Å²) in [6.07, 6.45) is 43.0. The van der Waals surface area contributed by atoms with E-state index in [0.29, 0.717) is 12.8 Å². The lowest BCUT2D eigenvalue weighted by molar-refractivity contribution is -0.161. The van der Waals surface area contributed by atoms with Crippen molar-refractivity contribution in [3.63, 3.8) is 0 Å². The number of hydrogen-bond donors (Lipinski definition) is 2. The van der Waals surface area contributed by atoms with Gasteiger partial charge in [0.1, 0.15) is 6.61 Å². The highest BCUT2D eigenvalue weighted by Crippen LogP contribution is 2.43. The average molecular weight is 754 g/mol. The standard InChI is InChI=1S/C42H76NO8P/c1-3-5-7-9-11-13-15-16-17-18-19-20-21-22-23-24-25-27-29-31-33-35-42(45)51-40(39-50-52(46,47)49-37-36-43)38-48-41(44)34-32-30-28-26-14-12-10-8-6-4-2/h17-18,20-21,23-24,27,29,40H,3-16,19,22,25-26,28,30-39,43H2,1-2H3,(H,46,47)/b18-17+,21-20+,24-23+,29-27+/t40-/m1/s1. The number of allylic oxidation sites excluding steroid dienone is 8. The van der Waals surface area contributed by atoms with Crippen LogP contribution in [0.5, 0.6) is 0 Å². The molecule has 0 radical (unpaired) electrons. The molecule has 52 heavy (non-hydrogen) atoms. The first-order valence-corrected chi connectivity index (χ1v) is 22.1. The number of nitrogens with two attached hydrogens (primary N) is 1. The van der Waals surface area contributed by atoms with Crippen LogP contribution in [-0.2, 0) is 32.7 Å². The number of carbonyl (C=O) groups excluding carboxylic acids is 2. The lowest BCUT2D eigenvalue weighted by atomic mass is 10.1. The van der Waals surface area contributed by atoms with Gasteiger partial charge in [-0.3, -0.25) is 18.6 Å². The van der Waals surface area contributed by atoms with E-state index in [9.17, 15) is 19.0 Å². The maximum atomic E-state index is 12.5. The van der Waals surface area contributed by atoms with Crippen molar-refractivity contribution >= 4 is 19.8 Å². The van der Waals surface area contributed by atoms with Crippen molar-refractivity contribution in [3.8, 4) is 0 Å². The molecule has 3 N–H and O–H groups in total. The van der Waals surface area contributed by atoms with Crippen LogP contribution in [0.25, 0.3) is 0 Å². The van der Waals surface area contributed by atoms with Gasteiger partial charge in [-0.1, -0.05) is 159 Å². The van der Waals surface area contributed by atoms with Crippen LogP contribution < -0.4 is 5.73 Å². The summed E-state index contributed by atoms with van der Waals surface area (Å²) in [6.45, 7) is 3.64. The molecule has 0 aliphatic rings. The Morgan fingerprint density at radius 1 is 0.577 bits per heavy atom. The Bertz CT molecular complexity index is 996. The minimum atomic E-state index is -4.39. The van der Waals surface area contributed by atoms with Gasteiger partial charge >= 0.3 is 19.8 Å².